The van der Waals surface area contributed by atoms with Crippen LogP contribution in [0, 0.1) is 6.57 Å². The lowest BCUT2D eigenvalue weighted by Crippen LogP contribution is -2.42. The van der Waals surface area contributed by atoms with Crippen LogP contribution in [0.15, 0.2) is 155 Å². The van der Waals surface area contributed by atoms with Gasteiger partial charge in [-0.25, -0.2) is 11.4 Å². The first kappa shape index (κ1) is 41.9. The van der Waals surface area contributed by atoms with Crippen molar-refractivity contribution in [1.82, 2.24) is 9.55 Å². The fourth-order valence-electron chi connectivity index (χ4n) is 8.84. The molecule has 0 aliphatic carbocycles. The molecule has 5 atom stereocenters. The van der Waals surface area contributed by atoms with Gasteiger partial charge in [-0.2, -0.15) is 0 Å². The third-order valence-corrected chi connectivity index (χ3v) is 13.4. The zero-order valence-corrected chi connectivity index (χ0v) is 36.0. The van der Waals surface area contributed by atoms with Gasteiger partial charge in [0.2, 0.25) is 6.54 Å². The summed E-state index contributed by atoms with van der Waals surface area (Å²) in [4.78, 5) is 32.0. The Bertz CT molecular complexity index is 2940. The molecule has 1 saturated heterocycles. The molecule has 1 fully saturated rings. The molecule has 12 heteroatoms. The highest BCUT2D eigenvalue weighted by Crippen LogP contribution is 2.46. The van der Waals surface area contributed by atoms with Crippen molar-refractivity contribution in [1.29, 1.82) is 0 Å². The summed E-state index contributed by atoms with van der Waals surface area (Å²) in [7, 11) is 2.10. The minimum absolute atomic E-state index is 0.0171. The highest BCUT2D eigenvalue weighted by atomic mass is 31.1. The van der Waals surface area contributed by atoms with Crippen molar-refractivity contribution in [3.8, 4) is 11.5 Å². The molecule has 0 radical (unpaired) electrons. The SMILES string of the molecule is [C-]#[N+]CCP(C)OC1[C@@H](COC(c2ccccc2)(c2ccc(OC)cc2)c2ccc(OC)cc2)O[C@@H](n2ccc(=O)[nH]c2=O)[C@H]1OCc1ccc2ccc3cccc4ccc1c2c34. The molecule has 2 unspecified atom stereocenters. The van der Waals surface area contributed by atoms with Gasteiger partial charge in [0.25, 0.3) is 5.56 Å². The van der Waals surface area contributed by atoms with Crippen molar-refractivity contribution in [3.63, 3.8) is 0 Å². The van der Waals surface area contributed by atoms with E-state index in [2.05, 4.69) is 64.4 Å². The van der Waals surface area contributed by atoms with E-state index in [9.17, 15) is 9.59 Å². The van der Waals surface area contributed by atoms with Gasteiger partial charge in [0.15, 0.2) is 6.23 Å². The summed E-state index contributed by atoms with van der Waals surface area (Å²) in [6.45, 7) is 9.94. The van der Waals surface area contributed by atoms with E-state index in [1.165, 1.54) is 22.2 Å². The van der Waals surface area contributed by atoms with E-state index in [0.29, 0.717) is 24.2 Å². The van der Waals surface area contributed by atoms with Crippen molar-refractivity contribution in [2.75, 3.05) is 40.2 Å². The van der Waals surface area contributed by atoms with Gasteiger partial charge >= 0.3 is 5.69 Å². The van der Waals surface area contributed by atoms with Crippen LogP contribution in [-0.2, 0) is 30.9 Å². The molecule has 0 saturated carbocycles. The number of methoxy groups -OCH3 is 2. The second kappa shape index (κ2) is 18.1. The summed E-state index contributed by atoms with van der Waals surface area (Å²) < 4.78 is 40.7. The molecule has 1 aliphatic rings. The zero-order valence-electron chi connectivity index (χ0n) is 35.1. The molecule has 7 aromatic carbocycles. The molecule has 1 N–H and O–H groups in total. The van der Waals surface area contributed by atoms with Crippen LogP contribution in [0.4, 0.5) is 0 Å². The minimum Gasteiger partial charge on any atom is -0.497 e. The van der Waals surface area contributed by atoms with E-state index in [4.69, 9.17) is 34.8 Å². The lowest BCUT2D eigenvalue weighted by atomic mass is 9.80. The van der Waals surface area contributed by atoms with Gasteiger partial charge in [0.1, 0.15) is 35.4 Å². The molecule has 63 heavy (non-hydrogen) atoms. The van der Waals surface area contributed by atoms with Gasteiger partial charge in [-0.1, -0.05) is 109 Å². The normalized spacial score (nSPS) is 18.2. The quantitative estimate of drug-likeness (QED) is 0.0443. The first-order valence-electron chi connectivity index (χ1n) is 20.7. The van der Waals surface area contributed by atoms with Crippen LogP contribution in [0.2, 0.25) is 0 Å². The van der Waals surface area contributed by atoms with Gasteiger partial charge in [0, 0.05) is 20.4 Å². The van der Waals surface area contributed by atoms with Crippen LogP contribution in [0.3, 0.4) is 0 Å². The number of hydrogen-bond donors (Lipinski definition) is 1. The number of ether oxygens (including phenoxy) is 5. The fourth-order valence-corrected chi connectivity index (χ4v) is 10.00. The predicted molar refractivity (Wildman–Crippen MR) is 246 cm³/mol. The molecule has 2 heterocycles. The van der Waals surface area contributed by atoms with Gasteiger partial charge in [-0.15, -0.1) is 0 Å². The molecule has 1 aromatic heterocycles. The summed E-state index contributed by atoms with van der Waals surface area (Å²) in [6, 6.07) is 45.9. The smallest absolute Gasteiger partial charge is 0.330 e. The number of H-pyrrole nitrogens is 1. The van der Waals surface area contributed by atoms with Gasteiger partial charge in [-0.05, 0) is 85.5 Å². The van der Waals surface area contributed by atoms with Crippen LogP contribution < -0.4 is 20.7 Å². The average molecular weight is 860 g/mol. The summed E-state index contributed by atoms with van der Waals surface area (Å²) in [5.41, 5.74) is 1.13. The van der Waals surface area contributed by atoms with Gasteiger partial charge < -0.3 is 33.1 Å². The van der Waals surface area contributed by atoms with E-state index in [1.807, 2.05) is 85.5 Å². The van der Waals surface area contributed by atoms with Crippen molar-refractivity contribution >= 4 is 40.5 Å². The van der Waals surface area contributed by atoms with Crippen LogP contribution in [0.5, 0.6) is 11.5 Å². The highest BCUT2D eigenvalue weighted by Gasteiger charge is 2.50. The van der Waals surface area contributed by atoms with E-state index >= 15 is 0 Å². The van der Waals surface area contributed by atoms with E-state index in [-0.39, 0.29) is 13.2 Å². The first-order chi connectivity index (χ1) is 30.8. The molecule has 0 bridgehead atoms. The Hall–Kier alpha value is -6.38. The van der Waals surface area contributed by atoms with Crippen LogP contribution in [-0.4, -0.2) is 68.1 Å². The number of hydrogen-bond acceptors (Lipinski definition) is 8. The Morgan fingerprint density at radius 3 is 1.98 bits per heavy atom. The van der Waals surface area contributed by atoms with Crippen LogP contribution in [0.25, 0.3) is 37.2 Å². The average Bonchev–Trinajstić information content (AvgIpc) is 3.65. The van der Waals surface area contributed by atoms with E-state index in [1.54, 1.807) is 14.2 Å². The molecule has 9 rings (SSSR count). The topological polar surface area (TPSA) is 115 Å². The molecule has 318 valence electrons. The number of aromatic amines is 1. The molecule has 1 aliphatic heterocycles. The second-order valence-electron chi connectivity index (χ2n) is 15.6. The Morgan fingerprint density at radius 1 is 0.730 bits per heavy atom. The molecule has 8 aromatic rings. The third-order valence-electron chi connectivity index (χ3n) is 11.9. The largest absolute Gasteiger partial charge is 0.497 e. The predicted octanol–water partition coefficient (Wildman–Crippen LogP) is 9.27. The number of benzene rings is 7. The summed E-state index contributed by atoms with van der Waals surface area (Å²) in [5.74, 6) is 1.38. The van der Waals surface area contributed by atoms with Crippen molar-refractivity contribution in [2.45, 2.75) is 36.7 Å². The van der Waals surface area contributed by atoms with Crippen LogP contribution >= 0.6 is 8.15 Å². The lowest BCUT2D eigenvalue weighted by molar-refractivity contribution is -0.0985. The van der Waals surface area contributed by atoms with Gasteiger partial charge in [-0.3, -0.25) is 14.3 Å². The summed E-state index contributed by atoms with van der Waals surface area (Å²) in [5, 5.41) is 6.87. The Labute approximate surface area is 365 Å². The number of rotatable bonds is 16. The van der Waals surface area contributed by atoms with E-state index < -0.39 is 49.5 Å². The molecule has 11 nitrogen and oxygen atoms in total. The maximum Gasteiger partial charge on any atom is 0.330 e. The van der Waals surface area contributed by atoms with Crippen molar-refractivity contribution < 1.29 is 28.2 Å². The molecule has 0 amide bonds. The molecule has 0 spiro atoms. The lowest BCUT2D eigenvalue weighted by Gasteiger charge is -2.37. The standard InChI is InChI=1S/C51H46N3O8P/c1-52-28-30-63(4)62-47-43(32-60-51(37-11-6-5-7-12-37,38-18-22-40(57-2)23-19-38)39-20-24-41(58-3)25-21-39)61-49(54-29-27-44(55)53-50(54)56)48(47)59-31-36-16-15-35-14-13-33-9-8-10-34-17-26-42(36)46(35)45(33)34/h5-27,29,43,47-49H,28,30-32H2,2-4H3,(H,53,55,56)/t43-,47?,48+,49-,63?/m1/s1. The molecular weight excluding hydrogens is 814 g/mol. The maximum atomic E-state index is 13.6. The minimum atomic E-state index is -1.18. The molecular formula is C51H46N3O8P. The van der Waals surface area contributed by atoms with Crippen molar-refractivity contribution in [3.05, 3.63) is 200 Å². The summed E-state index contributed by atoms with van der Waals surface area (Å²) >= 11 is 0. The number of nitrogens with one attached hydrogen (secondary N) is 1. The van der Waals surface area contributed by atoms with E-state index in [0.717, 1.165) is 49.2 Å². The maximum absolute atomic E-state index is 13.6. The van der Waals surface area contributed by atoms with Gasteiger partial charge in [0.05, 0.1) is 33.6 Å². The monoisotopic (exact) mass is 859 g/mol. The number of nitrogens with zero attached hydrogens (tertiary/aromatic N) is 2. The zero-order chi connectivity index (χ0) is 43.5. The summed E-state index contributed by atoms with van der Waals surface area (Å²) in [6.07, 6.45) is -1.49. The Morgan fingerprint density at radius 2 is 1.35 bits per heavy atom. The Balaban J connectivity index is 1.14. The number of aromatic nitrogens is 2. The first-order valence-corrected chi connectivity index (χ1v) is 22.6. The third kappa shape index (κ3) is 8.09. The van der Waals surface area contributed by atoms with Crippen molar-refractivity contribution in [2.24, 2.45) is 0 Å². The second-order valence-corrected chi connectivity index (χ2v) is 17.5. The van der Waals surface area contributed by atoms with Crippen LogP contribution in [0.1, 0.15) is 28.5 Å². The highest BCUT2D eigenvalue weighted by molar-refractivity contribution is 7.51. The fraction of sp³-hybridized carbons (Fsp3) is 0.235. The Kier molecular flexibility index (Phi) is 12.1.